The second-order valence-electron chi connectivity index (χ2n) is 6.81. The van der Waals surface area contributed by atoms with Crippen LogP contribution in [0, 0.1) is 11.8 Å². The maximum Gasteiger partial charge on any atom is 0.323 e. The Morgan fingerprint density at radius 1 is 1.28 bits per heavy atom. The molecule has 3 heterocycles. The minimum atomic E-state index is -1.52. The van der Waals surface area contributed by atoms with Gasteiger partial charge in [0.05, 0.1) is 13.7 Å². The van der Waals surface area contributed by atoms with E-state index in [0.717, 1.165) is 5.56 Å². The molecule has 0 radical (unpaired) electrons. The number of carbonyl (C=O) groups excluding carboxylic acids is 3. The van der Waals surface area contributed by atoms with Crippen LogP contribution in [0.5, 0.6) is 5.75 Å². The third-order valence-corrected chi connectivity index (χ3v) is 4.93. The highest BCUT2D eigenvalue weighted by Gasteiger charge is 2.47. The zero-order chi connectivity index (χ0) is 20.4. The summed E-state index contributed by atoms with van der Waals surface area (Å²) >= 11 is 0. The highest BCUT2D eigenvalue weighted by molar-refractivity contribution is 6.10. The average Bonchev–Trinajstić information content (AvgIpc) is 3.02. The number of amides is 4. The Morgan fingerprint density at radius 2 is 2.14 bits per heavy atom. The van der Waals surface area contributed by atoms with Crippen molar-refractivity contribution in [1.29, 1.82) is 0 Å². The van der Waals surface area contributed by atoms with Crippen molar-refractivity contribution in [3.8, 4) is 17.6 Å². The van der Waals surface area contributed by atoms with Crippen molar-refractivity contribution in [3.05, 3.63) is 59.4 Å². The summed E-state index contributed by atoms with van der Waals surface area (Å²) in [5.41, 5.74) is 0.522. The highest BCUT2D eigenvalue weighted by Crippen LogP contribution is 2.25. The first-order valence-corrected chi connectivity index (χ1v) is 9.04. The molecule has 2 aliphatic rings. The predicted octanol–water partition coefficient (Wildman–Crippen LogP) is 0.718. The van der Waals surface area contributed by atoms with Gasteiger partial charge < -0.3 is 15.0 Å². The Bertz CT molecular complexity index is 1060. The molecule has 1 fully saturated rings. The molecule has 1 atom stereocenters. The molecular formula is C21H18N4O4. The topological polar surface area (TPSA) is 101 Å². The van der Waals surface area contributed by atoms with Gasteiger partial charge in [-0.05, 0) is 42.3 Å². The molecule has 8 heteroatoms. The summed E-state index contributed by atoms with van der Waals surface area (Å²) in [7, 11) is 1.57. The molecule has 0 aliphatic carbocycles. The number of rotatable bonds is 3. The molecule has 2 N–H and O–H groups in total. The molecule has 4 rings (SSSR count). The Morgan fingerprint density at radius 3 is 2.83 bits per heavy atom. The third-order valence-electron chi connectivity index (χ3n) is 4.93. The van der Waals surface area contributed by atoms with Crippen LogP contribution in [-0.4, -0.2) is 53.5 Å². The second kappa shape index (κ2) is 7.28. The van der Waals surface area contributed by atoms with Gasteiger partial charge in [-0.2, -0.15) is 0 Å². The molecule has 1 aromatic carbocycles. The van der Waals surface area contributed by atoms with Crippen molar-refractivity contribution >= 4 is 17.8 Å². The SMILES string of the molecule is COc1ccc2c(c1)CCN(C[C@@]1(C#Cc3cccnc3)NC(=O)NC1=O)C2=O. The van der Waals surface area contributed by atoms with Crippen LogP contribution in [-0.2, 0) is 11.2 Å². The molecule has 2 aromatic rings. The van der Waals surface area contributed by atoms with E-state index < -0.39 is 17.5 Å². The number of hydrogen-bond acceptors (Lipinski definition) is 5. The Balaban J connectivity index is 1.64. The summed E-state index contributed by atoms with van der Waals surface area (Å²) in [5, 5.41) is 4.81. The highest BCUT2D eigenvalue weighted by atomic mass is 16.5. The number of urea groups is 1. The van der Waals surface area contributed by atoms with E-state index in [0.29, 0.717) is 29.8 Å². The van der Waals surface area contributed by atoms with Gasteiger partial charge in [-0.1, -0.05) is 11.8 Å². The van der Waals surface area contributed by atoms with E-state index >= 15 is 0 Å². The Hall–Kier alpha value is -3.86. The number of fused-ring (bicyclic) bond motifs is 1. The first kappa shape index (κ1) is 18.5. The quantitative estimate of drug-likeness (QED) is 0.594. The van der Waals surface area contributed by atoms with Crippen molar-refractivity contribution in [2.75, 3.05) is 20.2 Å². The Labute approximate surface area is 167 Å². The lowest BCUT2D eigenvalue weighted by atomic mass is 9.94. The smallest absolute Gasteiger partial charge is 0.323 e. The summed E-state index contributed by atoms with van der Waals surface area (Å²) in [6.07, 6.45) is 3.79. The fourth-order valence-corrected chi connectivity index (χ4v) is 3.42. The molecule has 1 saturated heterocycles. The molecule has 0 bridgehead atoms. The van der Waals surface area contributed by atoms with Crippen LogP contribution >= 0.6 is 0 Å². The molecule has 8 nitrogen and oxygen atoms in total. The number of ether oxygens (including phenoxy) is 1. The zero-order valence-electron chi connectivity index (χ0n) is 15.7. The van der Waals surface area contributed by atoms with Gasteiger partial charge in [0.15, 0.2) is 0 Å². The van der Waals surface area contributed by atoms with E-state index in [1.807, 2.05) is 6.07 Å². The van der Waals surface area contributed by atoms with Crippen LogP contribution in [0.25, 0.3) is 0 Å². The van der Waals surface area contributed by atoms with Gasteiger partial charge in [0.1, 0.15) is 5.75 Å². The van der Waals surface area contributed by atoms with Crippen LogP contribution < -0.4 is 15.4 Å². The maximum absolute atomic E-state index is 13.0. The fourth-order valence-electron chi connectivity index (χ4n) is 3.42. The largest absolute Gasteiger partial charge is 0.497 e. The van der Waals surface area contributed by atoms with Gasteiger partial charge in [-0.15, -0.1) is 0 Å². The number of nitrogens with one attached hydrogen (secondary N) is 2. The van der Waals surface area contributed by atoms with Crippen molar-refractivity contribution in [3.63, 3.8) is 0 Å². The van der Waals surface area contributed by atoms with E-state index in [9.17, 15) is 14.4 Å². The van der Waals surface area contributed by atoms with Crippen molar-refractivity contribution in [2.45, 2.75) is 12.0 Å². The van der Waals surface area contributed by atoms with E-state index in [-0.39, 0.29) is 12.5 Å². The number of hydrogen-bond donors (Lipinski definition) is 2. The maximum atomic E-state index is 13.0. The molecule has 0 unspecified atom stereocenters. The number of nitrogens with zero attached hydrogens (tertiary/aromatic N) is 2. The number of carbonyl (C=O) groups is 3. The normalized spacial score (nSPS) is 20.3. The van der Waals surface area contributed by atoms with Crippen LogP contribution in [0.2, 0.25) is 0 Å². The molecule has 0 saturated carbocycles. The van der Waals surface area contributed by atoms with Crippen molar-refractivity contribution in [1.82, 2.24) is 20.5 Å². The summed E-state index contributed by atoms with van der Waals surface area (Å²) in [4.78, 5) is 42.9. The lowest BCUT2D eigenvalue weighted by molar-refractivity contribution is -0.122. The first-order chi connectivity index (χ1) is 14.0. The summed E-state index contributed by atoms with van der Waals surface area (Å²) in [6, 6.07) is 8.12. The predicted molar refractivity (Wildman–Crippen MR) is 103 cm³/mol. The molecule has 4 amide bonds. The lowest BCUT2D eigenvalue weighted by Crippen LogP contribution is -2.56. The van der Waals surface area contributed by atoms with Gasteiger partial charge in [0.25, 0.3) is 11.8 Å². The number of aromatic nitrogens is 1. The third kappa shape index (κ3) is 3.50. The molecule has 146 valence electrons. The van der Waals surface area contributed by atoms with Gasteiger partial charge in [-0.3, -0.25) is 19.9 Å². The van der Waals surface area contributed by atoms with E-state index in [4.69, 9.17) is 4.74 Å². The Kier molecular flexibility index (Phi) is 4.64. The van der Waals surface area contributed by atoms with Crippen LogP contribution in [0.4, 0.5) is 4.79 Å². The number of imide groups is 1. The monoisotopic (exact) mass is 390 g/mol. The second-order valence-corrected chi connectivity index (χ2v) is 6.81. The first-order valence-electron chi connectivity index (χ1n) is 9.04. The molecule has 0 spiro atoms. The molecular weight excluding hydrogens is 372 g/mol. The molecule has 1 aromatic heterocycles. The van der Waals surface area contributed by atoms with Gasteiger partial charge in [0, 0.05) is 30.1 Å². The van der Waals surface area contributed by atoms with Gasteiger partial charge in [0.2, 0.25) is 5.54 Å². The van der Waals surface area contributed by atoms with Gasteiger partial charge >= 0.3 is 6.03 Å². The van der Waals surface area contributed by atoms with E-state index in [1.54, 1.807) is 43.8 Å². The summed E-state index contributed by atoms with van der Waals surface area (Å²) in [6.45, 7) is 0.348. The van der Waals surface area contributed by atoms with Crippen molar-refractivity contribution in [2.24, 2.45) is 0 Å². The van der Waals surface area contributed by atoms with E-state index in [2.05, 4.69) is 27.5 Å². The number of benzene rings is 1. The lowest BCUT2D eigenvalue weighted by Gasteiger charge is -2.33. The summed E-state index contributed by atoms with van der Waals surface area (Å²) < 4.78 is 5.22. The fraction of sp³-hybridized carbons (Fsp3) is 0.238. The van der Waals surface area contributed by atoms with Crippen molar-refractivity contribution < 1.29 is 19.1 Å². The average molecular weight is 390 g/mol. The minimum Gasteiger partial charge on any atom is -0.497 e. The van der Waals surface area contributed by atoms with Gasteiger partial charge in [-0.25, -0.2) is 4.79 Å². The number of pyridine rings is 1. The number of methoxy groups -OCH3 is 1. The van der Waals surface area contributed by atoms with E-state index in [1.165, 1.54) is 4.90 Å². The molecule has 2 aliphatic heterocycles. The standard InChI is InChI=1S/C21H18N4O4/c1-29-16-4-5-17-15(11-16)7-10-25(18(17)26)13-21(19(27)23-20(28)24-21)8-6-14-3-2-9-22-12-14/h2-5,9,11-12H,7,10,13H2,1H3,(H2,23,24,27,28)/t21-/m1/s1. The molecule has 29 heavy (non-hydrogen) atoms. The van der Waals surface area contributed by atoms with Crippen LogP contribution in [0.15, 0.2) is 42.7 Å². The van der Waals surface area contributed by atoms with Crippen LogP contribution in [0.3, 0.4) is 0 Å². The summed E-state index contributed by atoms with van der Waals surface area (Å²) in [5.74, 6) is 5.62. The van der Waals surface area contributed by atoms with Crippen LogP contribution in [0.1, 0.15) is 21.5 Å². The minimum absolute atomic E-state index is 0.0534. The zero-order valence-corrected chi connectivity index (χ0v) is 15.7.